The van der Waals surface area contributed by atoms with Crippen molar-refractivity contribution in [2.24, 2.45) is 17.8 Å². The van der Waals surface area contributed by atoms with Gasteiger partial charge in [0.25, 0.3) is 5.91 Å². The Kier molecular flexibility index (Phi) is 6.11. The van der Waals surface area contributed by atoms with Gasteiger partial charge in [-0.25, -0.2) is 0 Å². The number of carbonyl (C=O) groups is 2. The monoisotopic (exact) mass is 426 g/mol. The van der Waals surface area contributed by atoms with E-state index >= 15 is 0 Å². The van der Waals surface area contributed by atoms with Gasteiger partial charge in [0.15, 0.2) is 0 Å². The number of rotatable bonds is 8. The topological polar surface area (TPSA) is 78.4 Å². The molecule has 30 heavy (non-hydrogen) atoms. The number of carboxylic acids is 1. The van der Waals surface area contributed by atoms with Crippen molar-refractivity contribution in [1.82, 2.24) is 10.6 Å². The molecule has 2 aromatic carbocycles. The fourth-order valence-corrected chi connectivity index (χ4v) is 5.27. The van der Waals surface area contributed by atoms with Crippen LogP contribution in [0.3, 0.4) is 0 Å². The number of halogens is 1. The van der Waals surface area contributed by atoms with Crippen LogP contribution in [0.2, 0.25) is 5.02 Å². The standard InChI is InChI=1S/C24H27ClN2O3/c1-2-20(27-23(28)15-8-10-16(25)11-9-15)21-18-12-17(13-19(18)21)26-22(24(29)30)14-6-4-3-5-7-14/h3-11,17-22,26H,2,12-13H2,1H3,(H,27,28)(H,29,30)/t17-,18-,19+,20?,21+,22?. The number of amides is 1. The zero-order valence-electron chi connectivity index (χ0n) is 16.9. The average Bonchev–Trinajstić information content (AvgIpc) is 3.24. The number of benzene rings is 2. The van der Waals surface area contributed by atoms with Crippen LogP contribution in [0.15, 0.2) is 54.6 Å². The molecule has 5 nitrogen and oxygen atoms in total. The quantitative estimate of drug-likeness (QED) is 0.588. The third kappa shape index (κ3) is 4.37. The van der Waals surface area contributed by atoms with Crippen LogP contribution >= 0.6 is 11.6 Å². The van der Waals surface area contributed by atoms with E-state index < -0.39 is 12.0 Å². The van der Waals surface area contributed by atoms with Crippen LogP contribution in [0.25, 0.3) is 0 Å². The maximum atomic E-state index is 12.6. The lowest BCUT2D eigenvalue weighted by molar-refractivity contribution is -0.139. The zero-order valence-corrected chi connectivity index (χ0v) is 17.7. The molecule has 0 spiro atoms. The highest BCUT2D eigenvalue weighted by molar-refractivity contribution is 6.30. The molecule has 2 aromatic rings. The average molecular weight is 427 g/mol. The Hall–Kier alpha value is -2.37. The fraction of sp³-hybridized carbons (Fsp3) is 0.417. The van der Waals surface area contributed by atoms with Crippen molar-refractivity contribution < 1.29 is 14.7 Å². The van der Waals surface area contributed by atoms with E-state index in [1.54, 1.807) is 24.3 Å². The molecule has 158 valence electrons. The summed E-state index contributed by atoms with van der Waals surface area (Å²) in [6.45, 7) is 2.10. The Morgan fingerprint density at radius 3 is 2.27 bits per heavy atom. The molecule has 2 fully saturated rings. The van der Waals surface area contributed by atoms with Crippen LogP contribution in [-0.2, 0) is 4.79 Å². The van der Waals surface area contributed by atoms with Gasteiger partial charge in [-0.15, -0.1) is 0 Å². The maximum absolute atomic E-state index is 12.6. The molecule has 0 aliphatic heterocycles. The minimum absolute atomic E-state index is 0.0619. The predicted molar refractivity (Wildman–Crippen MR) is 116 cm³/mol. The number of carboxylic acid groups (broad SMARTS) is 1. The molecule has 4 rings (SSSR count). The molecule has 1 amide bonds. The minimum atomic E-state index is -0.847. The third-order valence-electron chi connectivity index (χ3n) is 6.62. The van der Waals surface area contributed by atoms with Crippen LogP contribution in [-0.4, -0.2) is 29.1 Å². The summed E-state index contributed by atoms with van der Waals surface area (Å²) in [7, 11) is 0. The number of hydrogen-bond acceptors (Lipinski definition) is 3. The van der Waals surface area contributed by atoms with Crippen LogP contribution in [0, 0.1) is 17.8 Å². The summed E-state index contributed by atoms with van der Waals surface area (Å²) in [6, 6.07) is 15.9. The van der Waals surface area contributed by atoms with E-state index in [9.17, 15) is 14.7 Å². The normalized spacial score (nSPS) is 26.5. The summed E-state index contributed by atoms with van der Waals surface area (Å²) in [4.78, 5) is 24.3. The van der Waals surface area contributed by atoms with Gasteiger partial charge in [0, 0.05) is 22.7 Å². The molecule has 6 heteroatoms. The lowest BCUT2D eigenvalue weighted by Crippen LogP contribution is -2.40. The van der Waals surface area contributed by atoms with Gasteiger partial charge < -0.3 is 10.4 Å². The Balaban J connectivity index is 1.33. The molecule has 0 bridgehead atoms. The van der Waals surface area contributed by atoms with Crippen molar-refractivity contribution in [3.8, 4) is 0 Å². The van der Waals surface area contributed by atoms with Gasteiger partial charge in [-0.1, -0.05) is 48.9 Å². The Bertz CT molecular complexity index is 890. The zero-order chi connectivity index (χ0) is 21.3. The molecule has 2 saturated carbocycles. The van der Waals surface area contributed by atoms with Gasteiger partial charge in [-0.3, -0.25) is 14.9 Å². The number of nitrogens with one attached hydrogen (secondary N) is 2. The van der Waals surface area contributed by atoms with Crippen molar-refractivity contribution in [2.45, 2.75) is 44.3 Å². The third-order valence-corrected chi connectivity index (χ3v) is 6.87. The highest BCUT2D eigenvalue weighted by Crippen LogP contribution is 2.59. The van der Waals surface area contributed by atoms with Crippen LogP contribution in [0.4, 0.5) is 0 Å². The van der Waals surface area contributed by atoms with Crippen molar-refractivity contribution in [3.05, 3.63) is 70.7 Å². The smallest absolute Gasteiger partial charge is 0.325 e. The maximum Gasteiger partial charge on any atom is 0.325 e. The molecular weight excluding hydrogens is 400 g/mol. The summed E-state index contributed by atoms with van der Waals surface area (Å²) < 4.78 is 0. The van der Waals surface area contributed by atoms with Crippen LogP contribution in [0.1, 0.15) is 48.1 Å². The summed E-state index contributed by atoms with van der Waals surface area (Å²) >= 11 is 5.91. The van der Waals surface area contributed by atoms with Gasteiger partial charge in [0.1, 0.15) is 6.04 Å². The van der Waals surface area contributed by atoms with Gasteiger partial charge in [0.05, 0.1) is 0 Å². The first-order valence-corrected chi connectivity index (χ1v) is 11.0. The summed E-state index contributed by atoms with van der Waals surface area (Å²) in [5.74, 6) is 0.656. The highest BCUT2D eigenvalue weighted by atomic mass is 35.5. The summed E-state index contributed by atoms with van der Waals surface area (Å²) in [6.07, 6.45) is 2.80. The number of carbonyl (C=O) groups excluding carboxylic acids is 1. The molecular formula is C24H27ClN2O3. The SMILES string of the molecule is CCC(NC(=O)c1ccc(Cl)cc1)[C@H]1[C@@H]2C[C@@H](NC(C(=O)O)c3ccccc3)C[C@@H]21. The number of fused-ring (bicyclic) bond motifs is 1. The second-order valence-electron chi connectivity index (χ2n) is 8.42. The lowest BCUT2D eigenvalue weighted by atomic mass is 9.97. The molecule has 2 unspecified atom stereocenters. The molecule has 0 heterocycles. The van der Waals surface area contributed by atoms with Gasteiger partial charge >= 0.3 is 5.97 Å². The van der Waals surface area contributed by atoms with E-state index in [-0.39, 0.29) is 18.0 Å². The van der Waals surface area contributed by atoms with E-state index in [0.717, 1.165) is 24.8 Å². The van der Waals surface area contributed by atoms with Crippen LogP contribution < -0.4 is 10.6 Å². The molecule has 2 aliphatic carbocycles. The highest BCUT2D eigenvalue weighted by Gasteiger charge is 2.58. The molecule has 3 N–H and O–H groups in total. The van der Waals surface area contributed by atoms with Gasteiger partial charge in [-0.05, 0) is 66.8 Å². The van der Waals surface area contributed by atoms with Crippen molar-refractivity contribution >= 4 is 23.5 Å². The van der Waals surface area contributed by atoms with Crippen molar-refractivity contribution in [3.63, 3.8) is 0 Å². The van der Waals surface area contributed by atoms with Gasteiger partial charge in [0.2, 0.25) is 0 Å². The lowest BCUT2D eigenvalue weighted by Gasteiger charge is -2.24. The van der Waals surface area contributed by atoms with Gasteiger partial charge in [-0.2, -0.15) is 0 Å². The first-order chi connectivity index (χ1) is 14.5. The number of hydrogen-bond donors (Lipinski definition) is 3. The fourth-order valence-electron chi connectivity index (χ4n) is 5.14. The second kappa shape index (κ2) is 8.78. The van der Waals surface area contributed by atoms with Crippen molar-refractivity contribution in [1.29, 1.82) is 0 Å². The Morgan fingerprint density at radius 1 is 1.07 bits per heavy atom. The second-order valence-corrected chi connectivity index (χ2v) is 8.85. The minimum Gasteiger partial charge on any atom is -0.480 e. The first kappa shape index (κ1) is 20.9. The van der Waals surface area contributed by atoms with E-state index in [2.05, 4.69) is 17.6 Å². The van der Waals surface area contributed by atoms with E-state index in [4.69, 9.17) is 11.6 Å². The molecule has 2 aliphatic rings. The Labute approximate surface area is 181 Å². The van der Waals surface area contributed by atoms with E-state index in [1.165, 1.54) is 0 Å². The molecule has 0 saturated heterocycles. The van der Waals surface area contributed by atoms with E-state index in [1.807, 2.05) is 30.3 Å². The summed E-state index contributed by atoms with van der Waals surface area (Å²) in [5.41, 5.74) is 1.40. The molecule has 6 atom stereocenters. The number of aliphatic carboxylic acids is 1. The molecule has 0 radical (unpaired) electrons. The van der Waals surface area contributed by atoms with Crippen molar-refractivity contribution in [2.75, 3.05) is 0 Å². The largest absolute Gasteiger partial charge is 0.480 e. The Morgan fingerprint density at radius 2 is 1.70 bits per heavy atom. The summed E-state index contributed by atoms with van der Waals surface area (Å²) in [5, 5.41) is 16.8. The predicted octanol–water partition coefficient (Wildman–Crippen LogP) is 4.29. The van der Waals surface area contributed by atoms with Crippen LogP contribution in [0.5, 0.6) is 0 Å². The molecule has 0 aromatic heterocycles. The van der Waals surface area contributed by atoms with E-state index in [0.29, 0.717) is 28.3 Å². The first-order valence-electron chi connectivity index (χ1n) is 10.6.